The first kappa shape index (κ1) is 22.0. The SMILES string of the molecule is COc1ccc(NC(=O)Cc2ccc3c(c2)CCO3)cc1S(=O)(=O)Nc1ccccc1Cl. The van der Waals surface area contributed by atoms with Crippen LogP contribution < -0.4 is 19.5 Å². The van der Waals surface area contributed by atoms with Crippen LogP contribution in [0.1, 0.15) is 11.1 Å². The van der Waals surface area contributed by atoms with Crippen LogP contribution in [0.2, 0.25) is 5.02 Å². The summed E-state index contributed by atoms with van der Waals surface area (Å²) >= 11 is 6.08. The molecule has 1 amide bonds. The molecule has 0 radical (unpaired) electrons. The van der Waals surface area contributed by atoms with Gasteiger partial charge in [0.2, 0.25) is 5.91 Å². The summed E-state index contributed by atoms with van der Waals surface area (Å²) in [4.78, 5) is 12.5. The van der Waals surface area contributed by atoms with Gasteiger partial charge in [0.15, 0.2) is 0 Å². The van der Waals surface area contributed by atoms with Gasteiger partial charge in [-0.1, -0.05) is 35.9 Å². The lowest BCUT2D eigenvalue weighted by Gasteiger charge is -2.14. The fraction of sp³-hybridized carbons (Fsp3) is 0.174. The minimum absolute atomic E-state index is 0.118. The first-order valence-corrected chi connectivity index (χ1v) is 11.7. The molecule has 0 saturated heterocycles. The number of nitrogens with one attached hydrogen (secondary N) is 2. The number of fused-ring (bicyclic) bond motifs is 1. The second-order valence-corrected chi connectivity index (χ2v) is 9.27. The summed E-state index contributed by atoms with van der Waals surface area (Å²) in [6, 6.07) is 16.6. The topological polar surface area (TPSA) is 93.7 Å². The molecule has 9 heteroatoms. The molecule has 0 aliphatic carbocycles. The molecular weight excluding hydrogens is 452 g/mol. The van der Waals surface area contributed by atoms with E-state index in [1.807, 2.05) is 18.2 Å². The summed E-state index contributed by atoms with van der Waals surface area (Å²) in [7, 11) is -2.65. The van der Waals surface area contributed by atoms with Crippen molar-refractivity contribution in [2.45, 2.75) is 17.7 Å². The van der Waals surface area contributed by atoms with Gasteiger partial charge >= 0.3 is 0 Å². The molecule has 2 N–H and O–H groups in total. The van der Waals surface area contributed by atoms with E-state index >= 15 is 0 Å². The van der Waals surface area contributed by atoms with Crippen LogP contribution in [0.5, 0.6) is 11.5 Å². The number of sulfonamides is 1. The Labute approximate surface area is 191 Å². The first-order valence-electron chi connectivity index (χ1n) is 9.85. The minimum Gasteiger partial charge on any atom is -0.495 e. The summed E-state index contributed by atoms with van der Waals surface area (Å²) in [5.74, 6) is 0.725. The molecule has 0 aromatic heterocycles. The fourth-order valence-electron chi connectivity index (χ4n) is 3.45. The van der Waals surface area contributed by atoms with E-state index < -0.39 is 10.0 Å². The maximum atomic E-state index is 13.0. The molecule has 3 aromatic rings. The van der Waals surface area contributed by atoms with E-state index in [4.69, 9.17) is 21.1 Å². The smallest absolute Gasteiger partial charge is 0.265 e. The lowest BCUT2D eigenvalue weighted by atomic mass is 10.1. The van der Waals surface area contributed by atoms with Crippen molar-refractivity contribution in [3.63, 3.8) is 0 Å². The zero-order chi connectivity index (χ0) is 22.7. The molecular formula is C23H21ClN2O5S. The molecule has 7 nitrogen and oxygen atoms in total. The van der Waals surface area contributed by atoms with Crippen molar-refractivity contribution in [1.29, 1.82) is 0 Å². The number of methoxy groups -OCH3 is 1. The third-order valence-corrected chi connectivity index (χ3v) is 6.69. The summed E-state index contributed by atoms with van der Waals surface area (Å²) in [5.41, 5.74) is 2.51. The largest absolute Gasteiger partial charge is 0.495 e. The molecule has 1 heterocycles. The summed E-state index contributed by atoms with van der Waals surface area (Å²) in [6.45, 7) is 0.649. The van der Waals surface area contributed by atoms with Crippen molar-refractivity contribution < 1.29 is 22.7 Å². The highest BCUT2D eigenvalue weighted by Gasteiger charge is 2.22. The van der Waals surface area contributed by atoms with Crippen molar-refractivity contribution in [2.24, 2.45) is 0 Å². The Hall–Kier alpha value is -3.23. The zero-order valence-corrected chi connectivity index (χ0v) is 18.8. The van der Waals surface area contributed by atoms with Gasteiger partial charge in [-0.15, -0.1) is 0 Å². The molecule has 0 fully saturated rings. The van der Waals surface area contributed by atoms with Crippen molar-refractivity contribution in [2.75, 3.05) is 23.8 Å². The van der Waals surface area contributed by atoms with Crippen molar-refractivity contribution in [3.8, 4) is 11.5 Å². The molecule has 3 aromatic carbocycles. The maximum Gasteiger partial charge on any atom is 0.265 e. The van der Waals surface area contributed by atoms with Gasteiger partial charge < -0.3 is 14.8 Å². The van der Waals surface area contributed by atoms with E-state index in [2.05, 4.69) is 10.0 Å². The number of carbonyl (C=O) groups is 1. The Kier molecular flexibility index (Phi) is 6.25. The monoisotopic (exact) mass is 472 g/mol. The molecule has 1 aliphatic heterocycles. The standard InChI is InChI=1S/C23H21ClN2O5S/c1-30-21-9-7-17(14-22(21)32(28,29)26-19-5-3-2-4-18(19)24)25-23(27)13-15-6-8-20-16(12-15)10-11-31-20/h2-9,12,14,26H,10-11,13H2,1H3,(H,25,27). The number of ether oxygens (including phenoxy) is 2. The number of anilines is 2. The van der Waals surface area contributed by atoms with Gasteiger partial charge in [0.25, 0.3) is 10.0 Å². The molecule has 0 bridgehead atoms. The second-order valence-electron chi connectivity index (χ2n) is 7.22. The molecule has 0 atom stereocenters. The first-order chi connectivity index (χ1) is 15.4. The zero-order valence-electron chi connectivity index (χ0n) is 17.2. The Morgan fingerprint density at radius 2 is 1.94 bits per heavy atom. The predicted molar refractivity (Wildman–Crippen MR) is 123 cm³/mol. The molecule has 0 unspecified atom stereocenters. The van der Waals surface area contributed by atoms with Crippen LogP contribution >= 0.6 is 11.6 Å². The highest BCUT2D eigenvalue weighted by atomic mass is 35.5. The van der Waals surface area contributed by atoms with Gasteiger partial charge in [0.05, 0.1) is 30.8 Å². The Bertz CT molecular complexity index is 1280. The third-order valence-electron chi connectivity index (χ3n) is 4.97. The van der Waals surface area contributed by atoms with Crippen LogP contribution in [0, 0.1) is 0 Å². The van der Waals surface area contributed by atoms with Crippen molar-refractivity contribution in [3.05, 3.63) is 76.8 Å². The number of hydrogen-bond acceptors (Lipinski definition) is 5. The van der Waals surface area contributed by atoms with Crippen LogP contribution in [0.4, 0.5) is 11.4 Å². The average Bonchev–Trinajstić information content (AvgIpc) is 3.23. The number of hydrogen-bond donors (Lipinski definition) is 2. The third kappa shape index (κ3) is 4.81. The number of amides is 1. The van der Waals surface area contributed by atoms with Gasteiger partial charge in [-0.25, -0.2) is 8.42 Å². The van der Waals surface area contributed by atoms with Crippen LogP contribution in [-0.4, -0.2) is 28.0 Å². The van der Waals surface area contributed by atoms with E-state index in [0.29, 0.717) is 12.3 Å². The Morgan fingerprint density at radius 3 is 2.72 bits per heavy atom. The molecule has 1 aliphatic rings. The van der Waals surface area contributed by atoms with Crippen LogP contribution in [0.25, 0.3) is 0 Å². The molecule has 0 spiro atoms. The highest BCUT2D eigenvalue weighted by Crippen LogP contribution is 2.31. The Morgan fingerprint density at radius 1 is 1.12 bits per heavy atom. The van der Waals surface area contributed by atoms with Gasteiger partial charge in [-0.05, 0) is 47.5 Å². The van der Waals surface area contributed by atoms with E-state index in [-0.39, 0.29) is 33.7 Å². The van der Waals surface area contributed by atoms with Crippen LogP contribution in [0.15, 0.2) is 65.6 Å². The van der Waals surface area contributed by atoms with Crippen molar-refractivity contribution >= 4 is 38.9 Å². The predicted octanol–water partition coefficient (Wildman–Crippen LogP) is 4.27. The quantitative estimate of drug-likeness (QED) is 0.535. The minimum atomic E-state index is -4.03. The van der Waals surface area contributed by atoms with Crippen LogP contribution in [0.3, 0.4) is 0 Å². The van der Waals surface area contributed by atoms with Gasteiger partial charge in [-0.2, -0.15) is 0 Å². The Balaban J connectivity index is 1.53. The van der Waals surface area contributed by atoms with E-state index in [0.717, 1.165) is 23.3 Å². The van der Waals surface area contributed by atoms with E-state index in [1.54, 1.807) is 30.3 Å². The van der Waals surface area contributed by atoms with Gasteiger partial charge in [0, 0.05) is 12.1 Å². The summed E-state index contributed by atoms with van der Waals surface area (Å²) in [5, 5.41) is 3.02. The lowest BCUT2D eigenvalue weighted by molar-refractivity contribution is -0.115. The molecule has 0 saturated carbocycles. The molecule has 32 heavy (non-hydrogen) atoms. The number of halogens is 1. The van der Waals surface area contributed by atoms with Crippen LogP contribution in [-0.2, 0) is 27.7 Å². The van der Waals surface area contributed by atoms with E-state index in [9.17, 15) is 13.2 Å². The molecule has 166 valence electrons. The van der Waals surface area contributed by atoms with Gasteiger partial charge in [0.1, 0.15) is 16.4 Å². The normalized spacial score (nSPS) is 12.6. The number of carbonyl (C=O) groups excluding carboxylic acids is 1. The highest BCUT2D eigenvalue weighted by molar-refractivity contribution is 7.92. The lowest BCUT2D eigenvalue weighted by Crippen LogP contribution is -2.17. The maximum absolute atomic E-state index is 13.0. The van der Waals surface area contributed by atoms with Crippen molar-refractivity contribution in [1.82, 2.24) is 0 Å². The average molecular weight is 473 g/mol. The fourth-order valence-corrected chi connectivity index (χ4v) is 4.96. The number of para-hydroxylation sites is 1. The molecule has 4 rings (SSSR count). The number of benzene rings is 3. The summed E-state index contributed by atoms with van der Waals surface area (Å²) < 4.78 is 39.2. The van der Waals surface area contributed by atoms with Gasteiger partial charge in [-0.3, -0.25) is 9.52 Å². The second kappa shape index (κ2) is 9.10. The summed E-state index contributed by atoms with van der Waals surface area (Å²) in [6.07, 6.45) is 0.974. The number of rotatable bonds is 7. The van der Waals surface area contributed by atoms with E-state index in [1.165, 1.54) is 19.2 Å².